The van der Waals surface area contributed by atoms with Crippen LogP contribution < -0.4 is 10.1 Å². The topological polar surface area (TPSA) is 64.4 Å². The third kappa shape index (κ3) is 2.67. The van der Waals surface area contributed by atoms with Gasteiger partial charge in [-0.1, -0.05) is 42.5 Å². The number of aromatic nitrogens is 1. The van der Waals surface area contributed by atoms with Crippen molar-refractivity contribution in [1.29, 1.82) is 0 Å². The van der Waals surface area contributed by atoms with Crippen molar-refractivity contribution in [3.8, 4) is 5.88 Å². The van der Waals surface area contributed by atoms with Crippen molar-refractivity contribution < 1.29 is 13.9 Å². The van der Waals surface area contributed by atoms with Crippen LogP contribution >= 0.6 is 0 Å². The van der Waals surface area contributed by atoms with E-state index in [2.05, 4.69) is 10.3 Å². The number of ether oxygens (including phenoxy) is 1. The zero-order chi connectivity index (χ0) is 18.1. The maximum Gasteiger partial charge on any atom is 0.287 e. The van der Waals surface area contributed by atoms with Gasteiger partial charge in [0.15, 0.2) is 5.76 Å². The molecule has 4 aromatic rings. The van der Waals surface area contributed by atoms with Gasteiger partial charge < -0.3 is 14.5 Å². The number of carbonyl (C=O) groups excluding carboxylic acids is 1. The number of methoxy groups -OCH3 is 1. The molecule has 0 bridgehead atoms. The molecule has 4 rings (SSSR count). The summed E-state index contributed by atoms with van der Waals surface area (Å²) in [6, 6.07) is 15.7. The highest BCUT2D eigenvalue weighted by atomic mass is 16.5. The molecule has 0 unspecified atom stereocenters. The summed E-state index contributed by atoms with van der Waals surface area (Å²) in [5, 5.41) is 5.92. The van der Waals surface area contributed by atoms with Crippen LogP contribution in [0.2, 0.25) is 0 Å². The number of nitrogens with zero attached hydrogens (tertiary/aromatic N) is 1. The number of rotatable bonds is 4. The van der Waals surface area contributed by atoms with Crippen molar-refractivity contribution in [2.24, 2.45) is 0 Å². The maximum atomic E-state index is 12.7. The second-order valence-electron chi connectivity index (χ2n) is 6.07. The van der Waals surface area contributed by atoms with Crippen LogP contribution in [0.4, 0.5) is 0 Å². The molecule has 0 aliphatic rings. The van der Waals surface area contributed by atoms with Crippen LogP contribution in [-0.4, -0.2) is 18.0 Å². The van der Waals surface area contributed by atoms with E-state index in [0.717, 1.165) is 32.9 Å². The van der Waals surface area contributed by atoms with Gasteiger partial charge in [-0.15, -0.1) is 0 Å². The molecule has 2 aromatic carbocycles. The molecule has 0 saturated carbocycles. The minimum absolute atomic E-state index is 0.256. The van der Waals surface area contributed by atoms with E-state index in [1.807, 2.05) is 55.5 Å². The Hall–Kier alpha value is -3.34. The van der Waals surface area contributed by atoms with Gasteiger partial charge in [0.2, 0.25) is 5.88 Å². The number of fused-ring (bicyclic) bond motifs is 3. The summed E-state index contributed by atoms with van der Waals surface area (Å²) in [7, 11) is 1.56. The third-order valence-corrected chi connectivity index (χ3v) is 4.52. The van der Waals surface area contributed by atoms with Gasteiger partial charge >= 0.3 is 0 Å². The van der Waals surface area contributed by atoms with Gasteiger partial charge in [0.25, 0.3) is 5.91 Å². The minimum Gasteiger partial charge on any atom is -0.481 e. The smallest absolute Gasteiger partial charge is 0.287 e. The predicted molar refractivity (Wildman–Crippen MR) is 100 cm³/mol. The molecule has 0 radical (unpaired) electrons. The van der Waals surface area contributed by atoms with E-state index in [1.54, 1.807) is 13.3 Å². The number of pyridine rings is 1. The average molecular weight is 346 g/mol. The van der Waals surface area contributed by atoms with Crippen LogP contribution in [0.3, 0.4) is 0 Å². The third-order valence-electron chi connectivity index (χ3n) is 4.52. The molecule has 5 nitrogen and oxygen atoms in total. The van der Waals surface area contributed by atoms with E-state index in [9.17, 15) is 4.79 Å². The summed E-state index contributed by atoms with van der Waals surface area (Å²) in [4.78, 5) is 16.8. The molecule has 0 aliphatic carbocycles. The predicted octanol–water partition coefficient (Wildman–Crippen LogP) is 4.23. The SMILES string of the molecule is COc1ncccc1CNC(=O)c1oc2c(ccc3ccccc32)c1C. The Morgan fingerprint density at radius 2 is 1.96 bits per heavy atom. The number of hydrogen-bond acceptors (Lipinski definition) is 4. The normalized spacial score (nSPS) is 11.0. The van der Waals surface area contributed by atoms with E-state index in [0.29, 0.717) is 18.2 Å². The van der Waals surface area contributed by atoms with Crippen LogP contribution in [0.1, 0.15) is 21.7 Å². The lowest BCUT2D eigenvalue weighted by Crippen LogP contribution is -2.23. The molecule has 1 N–H and O–H groups in total. The molecule has 0 fully saturated rings. The Morgan fingerprint density at radius 3 is 2.81 bits per heavy atom. The number of nitrogens with one attached hydrogen (secondary N) is 1. The lowest BCUT2D eigenvalue weighted by molar-refractivity contribution is 0.0924. The molecule has 5 heteroatoms. The van der Waals surface area contributed by atoms with Crippen molar-refractivity contribution in [1.82, 2.24) is 10.3 Å². The molecule has 0 spiro atoms. The molecule has 0 aliphatic heterocycles. The number of benzene rings is 2. The standard InChI is InChI=1S/C21H18N2O3/c1-13-16-10-9-14-6-3-4-8-17(14)19(16)26-18(13)20(24)23-12-15-7-5-11-22-21(15)25-2/h3-11H,12H2,1-2H3,(H,23,24). The molecule has 2 aromatic heterocycles. The van der Waals surface area contributed by atoms with Gasteiger partial charge in [-0.05, 0) is 18.4 Å². The molecule has 1 amide bonds. The molecule has 2 heterocycles. The summed E-state index contributed by atoms with van der Waals surface area (Å²) in [6.07, 6.45) is 1.65. The highest BCUT2D eigenvalue weighted by Crippen LogP contribution is 2.31. The molecule has 0 atom stereocenters. The number of aryl methyl sites for hydroxylation is 1. The molecule has 130 valence electrons. The van der Waals surface area contributed by atoms with Crippen LogP contribution in [0.5, 0.6) is 5.88 Å². The molecule has 0 saturated heterocycles. The van der Waals surface area contributed by atoms with Crippen molar-refractivity contribution in [2.45, 2.75) is 13.5 Å². The fourth-order valence-electron chi connectivity index (χ4n) is 3.16. The zero-order valence-electron chi connectivity index (χ0n) is 14.6. The first kappa shape index (κ1) is 16.1. The highest BCUT2D eigenvalue weighted by molar-refractivity contribution is 6.08. The molecular formula is C21H18N2O3. The number of hydrogen-bond donors (Lipinski definition) is 1. The summed E-state index contributed by atoms with van der Waals surface area (Å²) in [5.41, 5.74) is 2.38. The van der Waals surface area contributed by atoms with E-state index >= 15 is 0 Å². The van der Waals surface area contributed by atoms with Gasteiger partial charge in [-0.2, -0.15) is 0 Å². The van der Waals surface area contributed by atoms with Gasteiger partial charge in [-0.25, -0.2) is 4.98 Å². The fraction of sp³-hybridized carbons (Fsp3) is 0.143. The summed E-state index contributed by atoms with van der Waals surface area (Å²) >= 11 is 0. The van der Waals surface area contributed by atoms with Crippen LogP contribution in [-0.2, 0) is 6.54 Å². The van der Waals surface area contributed by atoms with Crippen LogP contribution in [0.25, 0.3) is 21.7 Å². The maximum absolute atomic E-state index is 12.7. The van der Waals surface area contributed by atoms with Gasteiger partial charge in [-0.3, -0.25) is 4.79 Å². The van der Waals surface area contributed by atoms with Crippen molar-refractivity contribution in [3.63, 3.8) is 0 Å². The first-order valence-corrected chi connectivity index (χ1v) is 8.36. The quantitative estimate of drug-likeness (QED) is 0.601. The molecule has 26 heavy (non-hydrogen) atoms. The lowest BCUT2D eigenvalue weighted by Gasteiger charge is -2.07. The average Bonchev–Trinajstić information content (AvgIpc) is 3.03. The van der Waals surface area contributed by atoms with Crippen molar-refractivity contribution in [3.05, 3.63) is 71.6 Å². The van der Waals surface area contributed by atoms with Crippen LogP contribution in [0, 0.1) is 6.92 Å². The van der Waals surface area contributed by atoms with E-state index in [1.165, 1.54) is 0 Å². The van der Waals surface area contributed by atoms with Crippen molar-refractivity contribution >= 4 is 27.6 Å². The van der Waals surface area contributed by atoms with Crippen molar-refractivity contribution in [2.75, 3.05) is 7.11 Å². The Kier molecular flexibility index (Phi) is 4.05. The van der Waals surface area contributed by atoms with Crippen LogP contribution in [0.15, 0.2) is 59.1 Å². The number of furan rings is 1. The fourth-order valence-corrected chi connectivity index (χ4v) is 3.16. The lowest BCUT2D eigenvalue weighted by atomic mass is 10.1. The minimum atomic E-state index is -0.256. The summed E-state index contributed by atoms with van der Waals surface area (Å²) < 4.78 is 11.2. The Labute approximate surface area is 150 Å². The number of amides is 1. The molecular weight excluding hydrogens is 328 g/mol. The van der Waals surface area contributed by atoms with Gasteiger partial charge in [0.05, 0.1) is 7.11 Å². The van der Waals surface area contributed by atoms with E-state index in [-0.39, 0.29) is 5.91 Å². The number of carbonyl (C=O) groups is 1. The first-order chi connectivity index (χ1) is 12.7. The Bertz CT molecular complexity index is 1110. The summed E-state index contributed by atoms with van der Waals surface area (Å²) in [6.45, 7) is 2.22. The first-order valence-electron chi connectivity index (χ1n) is 8.36. The second kappa shape index (κ2) is 6.52. The zero-order valence-corrected chi connectivity index (χ0v) is 14.6. The van der Waals surface area contributed by atoms with Gasteiger partial charge in [0, 0.05) is 34.6 Å². The largest absolute Gasteiger partial charge is 0.481 e. The highest BCUT2D eigenvalue weighted by Gasteiger charge is 2.19. The van der Waals surface area contributed by atoms with Gasteiger partial charge in [0.1, 0.15) is 5.58 Å². The summed E-state index contributed by atoms with van der Waals surface area (Å²) in [5.74, 6) is 0.577. The Morgan fingerprint density at radius 1 is 1.12 bits per heavy atom. The monoisotopic (exact) mass is 346 g/mol. The van der Waals surface area contributed by atoms with E-state index < -0.39 is 0 Å². The van der Waals surface area contributed by atoms with E-state index in [4.69, 9.17) is 9.15 Å². The Balaban J connectivity index is 1.67. The second-order valence-corrected chi connectivity index (χ2v) is 6.07.